The smallest absolute Gasteiger partial charge is 0.271 e. The molecule has 0 unspecified atom stereocenters. The molecule has 0 radical (unpaired) electrons. The molecule has 0 saturated carbocycles. The Hall–Kier alpha value is -3.19. The van der Waals surface area contributed by atoms with Crippen LogP contribution in [0.25, 0.3) is 0 Å². The lowest BCUT2D eigenvalue weighted by Gasteiger charge is -2.15. The predicted octanol–water partition coefficient (Wildman–Crippen LogP) is 5.33. The molecular formula is C23H20BrFN2O3. The summed E-state index contributed by atoms with van der Waals surface area (Å²) in [6.07, 6.45) is 1.51. The predicted molar refractivity (Wildman–Crippen MR) is 118 cm³/mol. The molecule has 1 amide bonds. The number of carbonyl (C=O) groups excluding carboxylic acids is 1. The Labute approximate surface area is 182 Å². The molecule has 0 aromatic heterocycles. The van der Waals surface area contributed by atoms with Crippen LogP contribution in [0.1, 0.15) is 28.4 Å². The van der Waals surface area contributed by atoms with Crippen LogP contribution in [-0.4, -0.2) is 18.7 Å². The van der Waals surface area contributed by atoms with Gasteiger partial charge >= 0.3 is 0 Å². The second-order valence-corrected chi connectivity index (χ2v) is 7.06. The van der Waals surface area contributed by atoms with E-state index in [2.05, 4.69) is 26.5 Å². The van der Waals surface area contributed by atoms with Crippen molar-refractivity contribution in [2.24, 2.45) is 5.10 Å². The van der Waals surface area contributed by atoms with E-state index in [1.807, 2.05) is 13.0 Å². The van der Waals surface area contributed by atoms with Crippen molar-refractivity contribution in [1.82, 2.24) is 5.43 Å². The Bertz CT molecular complexity index is 1040. The van der Waals surface area contributed by atoms with Crippen molar-refractivity contribution < 1.29 is 18.7 Å². The van der Waals surface area contributed by atoms with E-state index in [4.69, 9.17) is 9.47 Å². The summed E-state index contributed by atoms with van der Waals surface area (Å²) in [7, 11) is 0. The van der Waals surface area contributed by atoms with Gasteiger partial charge in [-0.1, -0.05) is 36.4 Å². The number of rotatable bonds is 8. The highest BCUT2D eigenvalue weighted by Gasteiger charge is 2.13. The molecule has 30 heavy (non-hydrogen) atoms. The highest BCUT2D eigenvalue weighted by atomic mass is 79.9. The van der Waals surface area contributed by atoms with E-state index < -0.39 is 0 Å². The number of nitrogens with one attached hydrogen (secondary N) is 1. The van der Waals surface area contributed by atoms with Gasteiger partial charge in [-0.05, 0) is 58.7 Å². The van der Waals surface area contributed by atoms with Gasteiger partial charge in [0, 0.05) is 11.1 Å². The number of ether oxygens (including phenoxy) is 2. The van der Waals surface area contributed by atoms with Crippen LogP contribution in [0, 0.1) is 5.82 Å². The van der Waals surface area contributed by atoms with Crippen molar-refractivity contribution in [3.05, 3.63) is 93.7 Å². The number of amides is 1. The maximum atomic E-state index is 13.9. The Morgan fingerprint density at radius 2 is 1.83 bits per heavy atom. The van der Waals surface area contributed by atoms with Crippen molar-refractivity contribution >= 4 is 28.1 Å². The fraction of sp³-hybridized carbons (Fsp3) is 0.130. The van der Waals surface area contributed by atoms with Gasteiger partial charge in [-0.15, -0.1) is 0 Å². The monoisotopic (exact) mass is 470 g/mol. The van der Waals surface area contributed by atoms with E-state index in [-0.39, 0.29) is 18.3 Å². The lowest BCUT2D eigenvalue weighted by Crippen LogP contribution is -2.17. The molecule has 0 saturated heterocycles. The van der Waals surface area contributed by atoms with Crippen LogP contribution in [0.15, 0.2) is 76.3 Å². The third kappa shape index (κ3) is 5.67. The number of hydrogen-bond acceptors (Lipinski definition) is 4. The van der Waals surface area contributed by atoms with E-state index in [9.17, 15) is 9.18 Å². The van der Waals surface area contributed by atoms with E-state index in [0.717, 1.165) is 0 Å². The quantitative estimate of drug-likeness (QED) is 0.357. The minimum Gasteiger partial charge on any atom is -0.490 e. The van der Waals surface area contributed by atoms with Crippen LogP contribution >= 0.6 is 15.9 Å². The van der Waals surface area contributed by atoms with Gasteiger partial charge in [0.2, 0.25) is 0 Å². The van der Waals surface area contributed by atoms with E-state index in [0.29, 0.717) is 39.3 Å². The van der Waals surface area contributed by atoms with Gasteiger partial charge in [-0.25, -0.2) is 9.82 Å². The number of nitrogens with zero attached hydrogens (tertiary/aromatic N) is 1. The molecule has 0 spiro atoms. The van der Waals surface area contributed by atoms with Crippen LogP contribution in [0.2, 0.25) is 0 Å². The van der Waals surface area contributed by atoms with Gasteiger partial charge in [0.1, 0.15) is 12.4 Å². The molecular weight excluding hydrogens is 451 g/mol. The Morgan fingerprint density at radius 3 is 2.57 bits per heavy atom. The zero-order chi connectivity index (χ0) is 21.3. The second-order valence-electron chi connectivity index (χ2n) is 6.21. The zero-order valence-electron chi connectivity index (χ0n) is 16.3. The Kier molecular flexibility index (Phi) is 7.57. The first-order valence-corrected chi connectivity index (χ1v) is 10.1. The molecule has 5 nitrogen and oxygen atoms in total. The average Bonchev–Trinajstić information content (AvgIpc) is 2.75. The van der Waals surface area contributed by atoms with Crippen molar-refractivity contribution in [3.8, 4) is 11.5 Å². The summed E-state index contributed by atoms with van der Waals surface area (Å²) in [6, 6.07) is 18.8. The van der Waals surface area contributed by atoms with Crippen molar-refractivity contribution in [1.29, 1.82) is 0 Å². The molecule has 0 bridgehead atoms. The van der Waals surface area contributed by atoms with Crippen LogP contribution in [0.4, 0.5) is 4.39 Å². The lowest BCUT2D eigenvalue weighted by atomic mass is 10.2. The highest BCUT2D eigenvalue weighted by Crippen LogP contribution is 2.37. The van der Waals surface area contributed by atoms with Gasteiger partial charge < -0.3 is 9.47 Å². The number of hydrogen-bond donors (Lipinski definition) is 1. The summed E-state index contributed by atoms with van der Waals surface area (Å²) in [5.74, 6) is 0.315. The summed E-state index contributed by atoms with van der Waals surface area (Å²) in [5.41, 5.74) is 4.14. The van der Waals surface area contributed by atoms with Crippen LogP contribution in [-0.2, 0) is 6.61 Å². The fourth-order valence-corrected chi connectivity index (χ4v) is 3.22. The molecule has 3 rings (SSSR count). The first-order chi connectivity index (χ1) is 14.6. The van der Waals surface area contributed by atoms with Crippen molar-refractivity contribution in [3.63, 3.8) is 0 Å². The molecule has 0 fully saturated rings. The lowest BCUT2D eigenvalue weighted by molar-refractivity contribution is 0.0955. The molecule has 0 heterocycles. The maximum absolute atomic E-state index is 13.9. The summed E-state index contributed by atoms with van der Waals surface area (Å²) in [4.78, 5) is 12.1. The first kappa shape index (κ1) is 21.5. The molecule has 7 heteroatoms. The SMILES string of the molecule is CCOc1cc(/C=N\NC(=O)c2ccccc2)cc(Br)c1OCc1ccccc1F. The minimum atomic E-state index is -0.329. The van der Waals surface area contributed by atoms with Gasteiger partial charge in [0.15, 0.2) is 11.5 Å². The second kappa shape index (κ2) is 10.5. The molecule has 3 aromatic rings. The van der Waals surface area contributed by atoms with Crippen LogP contribution < -0.4 is 14.9 Å². The molecule has 3 aromatic carbocycles. The van der Waals surface area contributed by atoms with Crippen LogP contribution in [0.5, 0.6) is 11.5 Å². The number of carbonyl (C=O) groups is 1. The third-order valence-corrected chi connectivity index (χ3v) is 4.67. The van der Waals surface area contributed by atoms with Gasteiger partial charge in [0.05, 0.1) is 17.3 Å². The molecule has 1 N–H and O–H groups in total. The largest absolute Gasteiger partial charge is 0.490 e. The zero-order valence-corrected chi connectivity index (χ0v) is 17.9. The van der Waals surface area contributed by atoms with E-state index in [1.165, 1.54) is 12.3 Å². The minimum absolute atomic E-state index is 0.0614. The fourth-order valence-electron chi connectivity index (χ4n) is 2.65. The summed E-state index contributed by atoms with van der Waals surface area (Å²) >= 11 is 3.47. The maximum Gasteiger partial charge on any atom is 0.271 e. The van der Waals surface area contributed by atoms with Crippen molar-refractivity contribution in [2.75, 3.05) is 6.61 Å². The molecule has 0 aliphatic carbocycles. The Balaban J connectivity index is 1.73. The van der Waals surface area contributed by atoms with Gasteiger partial charge in [-0.2, -0.15) is 5.10 Å². The normalized spacial score (nSPS) is 10.8. The highest BCUT2D eigenvalue weighted by molar-refractivity contribution is 9.10. The summed E-state index contributed by atoms with van der Waals surface area (Å²) in [5, 5.41) is 4.00. The summed E-state index contributed by atoms with van der Waals surface area (Å²) < 4.78 is 26.0. The average molecular weight is 471 g/mol. The number of hydrazone groups is 1. The molecule has 0 aliphatic heterocycles. The third-order valence-electron chi connectivity index (χ3n) is 4.08. The molecule has 0 atom stereocenters. The van der Waals surface area contributed by atoms with E-state index >= 15 is 0 Å². The van der Waals surface area contributed by atoms with E-state index in [1.54, 1.807) is 54.6 Å². The Morgan fingerprint density at radius 1 is 1.10 bits per heavy atom. The summed E-state index contributed by atoms with van der Waals surface area (Å²) in [6.45, 7) is 2.34. The standard InChI is InChI=1S/C23H20BrFN2O3/c1-2-29-21-13-16(14-26-27-23(28)17-8-4-3-5-9-17)12-19(24)22(21)30-15-18-10-6-7-11-20(18)25/h3-14H,2,15H2,1H3,(H,27,28)/b26-14-. The molecule has 0 aliphatic rings. The van der Waals surface area contributed by atoms with Gasteiger partial charge in [0.25, 0.3) is 5.91 Å². The van der Waals surface area contributed by atoms with Gasteiger partial charge in [-0.3, -0.25) is 4.79 Å². The van der Waals surface area contributed by atoms with Crippen LogP contribution in [0.3, 0.4) is 0 Å². The van der Waals surface area contributed by atoms with Crippen molar-refractivity contribution in [2.45, 2.75) is 13.5 Å². The molecule has 154 valence electrons. The number of benzene rings is 3. The number of halogens is 2. The topological polar surface area (TPSA) is 59.9 Å². The first-order valence-electron chi connectivity index (χ1n) is 9.29.